The van der Waals surface area contributed by atoms with Crippen LogP contribution in [-0.2, 0) is 20.9 Å². The van der Waals surface area contributed by atoms with Crippen LogP contribution >= 0.6 is 0 Å². The third kappa shape index (κ3) is 2.86. The predicted molar refractivity (Wildman–Crippen MR) is 75.4 cm³/mol. The zero-order valence-electron chi connectivity index (χ0n) is 12.0. The van der Waals surface area contributed by atoms with Gasteiger partial charge in [0.15, 0.2) is 0 Å². The van der Waals surface area contributed by atoms with E-state index in [1.54, 1.807) is 11.8 Å². The average molecular weight is 289 g/mol. The first-order valence-corrected chi connectivity index (χ1v) is 7.36. The number of benzene rings is 1. The largest absolute Gasteiger partial charge is 0.464 e. The number of rotatable bonds is 4. The Morgan fingerprint density at radius 3 is 2.67 bits per heavy atom. The first kappa shape index (κ1) is 13.9. The van der Waals surface area contributed by atoms with Crippen LogP contribution in [0.2, 0.25) is 0 Å². The van der Waals surface area contributed by atoms with E-state index in [0.29, 0.717) is 18.9 Å². The van der Waals surface area contributed by atoms with Gasteiger partial charge < -0.3 is 9.47 Å². The average Bonchev–Trinajstić information content (AvgIpc) is 3.16. The second-order valence-corrected chi connectivity index (χ2v) is 5.51. The number of amides is 1. The topological polar surface area (TPSA) is 55.8 Å². The number of ether oxygens (including phenoxy) is 2. The van der Waals surface area contributed by atoms with Gasteiger partial charge in [-0.05, 0) is 31.2 Å². The van der Waals surface area contributed by atoms with Crippen molar-refractivity contribution in [2.45, 2.75) is 38.5 Å². The highest BCUT2D eigenvalue weighted by atomic mass is 16.6. The Labute approximate surface area is 123 Å². The van der Waals surface area contributed by atoms with Crippen LogP contribution in [0.1, 0.15) is 25.3 Å². The molecule has 5 nitrogen and oxygen atoms in total. The zero-order valence-corrected chi connectivity index (χ0v) is 12.0. The number of esters is 1. The van der Waals surface area contributed by atoms with Gasteiger partial charge in [-0.1, -0.05) is 30.3 Å². The molecule has 3 rings (SSSR count). The van der Waals surface area contributed by atoms with Gasteiger partial charge in [-0.3, -0.25) is 4.90 Å². The van der Waals surface area contributed by atoms with Crippen LogP contribution in [0.25, 0.3) is 0 Å². The van der Waals surface area contributed by atoms with Crippen molar-refractivity contribution < 1.29 is 19.1 Å². The van der Waals surface area contributed by atoms with Crippen molar-refractivity contribution in [1.29, 1.82) is 0 Å². The van der Waals surface area contributed by atoms with E-state index in [9.17, 15) is 9.59 Å². The Balaban J connectivity index is 1.61. The summed E-state index contributed by atoms with van der Waals surface area (Å²) in [4.78, 5) is 25.8. The number of fused-ring (bicyclic) bond motifs is 1. The molecule has 1 heterocycles. The van der Waals surface area contributed by atoms with E-state index >= 15 is 0 Å². The molecule has 1 saturated carbocycles. The van der Waals surface area contributed by atoms with E-state index in [1.165, 1.54) is 0 Å². The lowest BCUT2D eigenvalue weighted by Gasteiger charge is -2.25. The SMILES string of the molecule is CCOC(=O)[C@@H]1CC2CC2N1C(=O)OCc1ccccc1. The maximum atomic E-state index is 12.3. The molecule has 21 heavy (non-hydrogen) atoms. The Morgan fingerprint density at radius 2 is 1.95 bits per heavy atom. The summed E-state index contributed by atoms with van der Waals surface area (Å²) in [6.07, 6.45) is 1.25. The smallest absolute Gasteiger partial charge is 0.411 e. The third-order valence-electron chi connectivity index (χ3n) is 4.08. The maximum absolute atomic E-state index is 12.3. The van der Waals surface area contributed by atoms with Crippen molar-refractivity contribution in [3.63, 3.8) is 0 Å². The number of likely N-dealkylation sites (tertiary alicyclic amines) is 1. The van der Waals surface area contributed by atoms with Crippen molar-refractivity contribution in [3.8, 4) is 0 Å². The fourth-order valence-electron chi connectivity index (χ4n) is 2.96. The molecule has 3 atom stereocenters. The summed E-state index contributed by atoms with van der Waals surface area (Å²) in [5.41, 5.74) is 0.935. The lowest BCUT2D eigenvalue weighted by atomic mass is 10.2. The minimum atomic E-state index is -0.475. The normalized spacial score (nSPS) is 26.1. The third-order valence-corrected chi connectivity index (χ3v) is 4.08. The van der Waals surface area contributed by atoms with Crippen molar-refractivity contribution in [1.82, 2.24) is 4.90 Å². The molecule has 1 amide bonds. The fraction of sp³-hybridized carbons (Fsp3) is 0.500. The molecule has 0 spiro atoms. The monoisotopic (exact) mass is 289 g/mol. The van der Waals surface area contributed by atoms with Crippen LogP contribution in [0.15, 0.2) is 30.3 Å². The van der Waals surface area contributed by atoms with Gasteiger partial charge >= 0.3 is 12.1 Å². The standard InChI is InChI=1S/C16H19NO4/c1-2-20-15(18)14-9-12-8-13(12)17(14)16(19)21-10-11-6-4-3-5-7-11/h3-7,12-14H,2,8-10H2,1H3/t12?,13?,14-/m0/s1. The summed E-state index contributed by atoms with van der Waals surface area (Å²) in [6, 6.07) is 9.20. The molecule has 2 aliphatic rings. The van der Waals surface area contributed by atoms with E-state index in [4.69, 9.17) is 9.47 Å². The number of piperidine rings is 1. The Morgan fingerprint density at radius 1 is 1.19 bits per heavy atom. The molecular weight excluding hydrogens is 270 g/mol. The number of carbonyl (C=O) groups excluding carboxylic acids is 2. The predicted octanol–water partition coefficient (Wildman–Crippen LogP) is 2.35. The van der Waals surface area contributed by atoms with Crippen LogP contribution in [0, 0.1) is 5.92 Å². The molecule has 2 fully saturated rings. The summed E-state index contributed by atoms with van der Waals surface area (Å²) in [5.74, 6) is 0.116. The lowest BCUT2D eigenvalue weighted by Crippen LogP contribution is -2.44. The second kappa shape index (κ2) is 5.76. The molecule has 0 aromatic heterocycles. The molecule has 2 unspecified atom stereocenters. The van der Waals surface area contributed by atoms with E-state index in [2.05, 4.69) is 0 Å². The van der Waals surface area contributed by atoms with Gasteiger partial charge in [-0.25, -0.2) is 9.59 Å². The van der Waals surface area contributed by atoms with Gasteiger partial charge in [0, 0.05) is 6.04 Å². The van der Waals surface area contributed by atoms with Gasteiger partial charge in [-0.15, -0.1) is 0 Å². The van der Waals surface area contributed by atoms with Crippen molar-refractivity contribution in [2.75, 3.05) is 6.61 Å². The van der Waals surface area contributed by atoms with Gasteiger partial charge in [-0.2, -0.15) is 0 Å². The molecule has 1 saturated heterocycles. The molecule has 5 heteroatoms. The minimum Gasteiger partial charge on any atom is -0.464 e. The van der Waals surface area contributed by atoms with E-state index in [0.717, 1.165) is 12.0 Å². The van der Waals surface area contributed by atoms with Gasteiger partial charge in [0.25, 0.3) is 0 Å². The minimum absolute atomic E-state index is 0.155. The summed E-state index contributed by atoms with van der Waals surface area (Å²) < 4.78 is 10.4. The Kier molecular flexibility index (Phi) is 3.82. The first-order valence-electron chi connectivity index (χ1n) is 7.36. The maximum Gasteiger partial charge on any atom is 0.411 e. The summed E-state index contributed by atoms with van der Waals surface area (Å²) in [5, 5.41) is 0. The van der Waals surface area contributed by atoms with Crippen LogP contribution < -0.4 is 0 Å². The van der Waals surface area contributed by atoms with Crippen molar-refractivity contribution >= 4 is 12.1 Å². The molecule has 112 valence electrons. The summed E-state index contributed by atoms with van der Waals surface area (Å²) in [7, 11) is 0. The molecule has 0 N–H and O–H groups in total. The highest BCUT2D eigenvalue weighted by Gasteiger charge is 2.57. The highest BCUT2D eigenvalue weighted by Crippen LogP contribution is 2.48. The number of carbonyl (C=O) groups is 2. The Bertz CT molecular complexity index is 530. The fourth-order valence-corrected chi connectivity index (χ4v) is 2.96. The lowest BCUT2D eigenvalue weighted by molar-refractivity contribution is -0.148. The van der Waals surface area contributed by atoms with E-state index in [-0.39, 0.29) is 18.6 Å². The van der Waals surface area contributed by atoms with E-state index in [1.807, 2.05) is 30.3 Å². The molecule has 0 radical (unpaired) electrons. The van der Waals surface area contributed by atoms with Crippen LogP contribution in [-0.4, -0.2) is 35.7 Å². The summed E-state index contributed by atoms with van der Waals surface area (Å²) >= 11 is 0. The van der Waals surface area contributed by atoms with E-state index < -0.39 is 12.1 Å². The number of hydrogen-bond acceptors (Lipinski definition) is 4. The van der Waals surface area contributed by atoms with Gasteiger partial charge in [0.1, 0.15) is 12.6 Å². The van der Waals surface area contributed by atoms with Crippen LogP contribution in [0.4, 0.5) is 4.79 Å². The molecule has 1 aromatic carbocycles. The summed E-state index contributed by atoms with van der Waals surface area (Å²) in [6.45, 7) is 2.33. The van der Waals surface area contributed by atoms with Crippen molar-refractivity contribution in [2.24, 2.45) is 5.92 Å². The zero-order chi connectivity index (χ0) is 14.8. The second-order valence-electron chi connectivity index (χ2n) is 5.51. The van der Waals surface area contributed by atoms with Gasteiger partial charge in [0.05, 0.1) is 6.61 Å². The molecule has 1 aromatic rings. The molecule has 1 aliphatic carbocycles. The quantitative estimate of drug-likeness (QED) is 0.798. The van der Waals surface area contributed by atoms with Crippen molar-refractivity contribution in [3.05, 3.63) is 35.9 Å². The number of nitrogens with zero attached hydrogens (tertiary/aromatic N) is 1. The van der Waals surface area contributed by atoms with Gasteiger partial charge in [0.2, 0.25) is 0 Å². The molecule has 0 bridgehead atoms. The van der Waals surface area contributed by atoms with Crippen LogP contribution in [0.3, 0.4) is 0 Å². The number of hydrogen-bond donors (Lipinski definition) is 0. The van der Waals surface area contributed by atoms with Crippen LogP contribution in [0.5, 0.6) is 0 Å². The molecule has 1 aliphatic heterocycles. The highest BCUT2D eigenvalue weighted by molar-refractivity contribution is 5.83. The Hall–Kier alpha value is -2.04. The molecular formula is C16H19NO4. The first-order chi connectivity index (χ1) is 10.2.